The first kappa shape index (κ1) is 33.6. The van der Waals surface area contributed by atoms with Gasteiger partial charge in [0.05, 0.1) is 27.2 Å². The molecule has 0 bridgehead atoms. The van der Waals surface area contributed by atoms with Crippen molar-refractivity contribution in [1.82, 2.24) is 10.2 Å². The van der Waals surface area contributed by atoms with Gasteiger partial charge in [0.1, 0.15) is 18.3 Å². The van der Waals surface area contributed by atoms with E-state index in [2.05, 4.69) is 5.32 Å². The Morgan fingerprint density at radius 3 is 2.20 bits per heavy atom. The van der Waals surface area contributed by atoms with Crippen molar-refractivity contribution in [3.8, 4) is 5.75 Å². The van der Waals surface area contributed by atoms with Crippen molar-refractivity contribution in [3.63, 3.8) is 0 Å². The number of ether oxygens (including phenoxy) is 1. The third-order valence-electron chi connectivity index (χ3n) is 7.75. The highest BCUT2D eigenvalue weighted by atomic mass is 35.5. The minimum Gasteiger partial charge on any atom is -0.494 e. The van der Waals surface area contributed by atoms with Crippen molar-refractivity contribution in [2.24, 2.45) is 0 Å². The molecule has 3 aromatic carbocycles. The normalized spacial score (nSPS) is 14.2. The number of sulfonamides is 1. The largest absolute Gasteiger partial charge is 0.494 e. The summed E-state index contributed by atoms with van der Waals surface area (Å²) < 4.78 is 34.8. The van der Waals surface area contributed by atoms with Gasteiger partial charge < -0.3 is 15.0 Å². The number of halogens is 2. The summed E-state index contributed by atoms with van der Waals surface area (Å²) in [6.45, 7) is 5.54. The Balaban J connectivity index is 1.71. The molecule has 1 fully saturated rings. The molecule has 1 unspecified atom stereocenters. The van der Waals surface area contributed by atoms with Crippen LogP contribution in [0.4, 0.5) is 5.69 Å². The summed E-state index contributed by atoms with van der Waals surface area (Å²) in [6, 6.07) is 17.3. The lowest BCUT2D eigenvalue weighted by molar-refractivity contribution is -0.140. The van der Waals surface area contributed by atoms with Crippen LogP contribution in [0.15, 0.2) is 71.6 Å². The van der Waals surface area contributed by atoms with E-state index in [1.54, 1.807) is 54.6 Å². The second kappa shape index (κ2) is 15.1. The Hall–Kier alpha value is -3.27. The minimum atomic E-state index is -4.19. The number of carbonyl (C=O) groups is 2. The number of benzene rings is 3. The highest BCUT2D eigenvalue weighted by Gasteiger charge is 2.34. The molecule has 236 valence electrons. The number of anilines is 1. The molecule has 0 saturated heterocycles. The summed E-state index contributed by atoms with van der Waals surface area (Å²) in [5.41, 5.74) is 1.93. The lowest BCUT2D eigenvalue weighted by Gasteiger charge is -2.34. The number of aryl methyl sites for hydroxylation is 1. The van der Waals surface area contributed by atoms with Crippen molar-refractivity contribution in [3.05, 3.63) is 87.9 Å². The Labute approximate surface area is 270 Å². The zero-order valence-corrected chi connectivity index (χ0v) is 27.6. The average Bonchev–Trinajstić information content (AvgIpc) is 3.51. The average molecular weight is 661 g/mol. The lowest BCUT2D eigenvalue weighted by atomic mass is 10.1. The standard InChI is InChI=1S/C33H39Cl2N3O5S/c1-4-31(33(40)36-25-8-6-7-9-25)37(21-24-12-19-29(34)30(35)20-24)32(39)22-38(26-13-10-23(3)11-14-26)44(41,42)28-17-15-27(16-18-28)43-5-2/h10-20,25,31H,4-9,21-22H2,1-3H3,(H,36,40). The predicted molar refractivity (Wildman–Crippen MR) is 175 cm³/mol. The first-order valence-electron chi connectivity index (χ1n) is 14.9. The van der Waals surface area contributed by atoms with Crippen LogP contribution in [-0.4, -0.2) is 50.4 Å². The van der Waals surface area contributed by atoms with Gasteiger partial charge in [-0.3, -0.25) is 13.9 Å². The van der Waals surface area contributed by atoms with E-state index in [0.29, 0.717) is 40.1 Å². The Kier molecular flexibility index (Phi) is 11.6. The molecule has 8 nitrogen and oxygen atoms in total. The lowest BCUT2D eigenvalue weighted by Crippen LogP contribution is -2.53. The van der Waals surface area contributed by atoms with Gasteiger partial charge in [-0.15, -0.1) is 0 Å². The summed E-state index contributed by atoms with van der Waals surface area (Å²) in [5.74, 6) is -0.250. The molecule has 0 spiro atoms. The monoisotopic (exact) mass is 659 g/mol. The molecular weight excluding hydrogens is 621 g/mol. The quantitative estimate of drug-likeness (QED) is 0.219. The Morgan fingerprint density at radius 2 is 1.61 bits per heavy atom. The topological polar surface area (TPSA) is 96.0 Å². The third kappa shape index (κ3) is 8.25. The van der Waals surface area contributed by atoms with Crippen LogP contribution < -0.4 is 14.4 Å². The maximum atomic E-state index is 14.3. The smallest absolute Gasteiger partial charge is 0.264 e. The van der Waals surface area contributed by atoms with Gasteiger partial charge in [-0.25, -0.2) is 8.42 Å². The minimum absolute atomic E-state index is 0.0105. The van der Waals surface area contributed by atoms with Crippen molar-refractivity contribution < 1.29 is 22.7 Å². The van der Waals surface area contributed by atoms with Crippen LogP contribution in [-0.2, 0) is 26.2 Å². The van der Waals surface area contributed by atoms with Crippen LogP contribution in [0.5, 0.6) is 5.75 Å². The van der Waals surface area contributed by atoms with E-state index in [1.807, 2.05) is 20.8 Å². The fourth-order valence-corrected chi connectivity index (χ4v) is 7.10. The van der Waals surface area contributed by atoms with Gasteiger partial charge >= 0.3 is 0 Å². The zero-order valence-electron chi connectivity index (χ0n) is 25.3. The molecular formula is C33H39Cl2N3O5S. The number of hydrogen-bond donors (Lipinski definition) is 1. The van der Waals surface area contributed by atoms with Gasteiger partial charge in [0.2, 0.25) is 11.8 Å². The molecule has 44 heavy (non-hydrogen) atoms. The van der Waals surface area contributed by atoms with Crippen LogP contribution in [0.3, 0.4) is 0 Å². The van der Waals surface area contributed by atoms with Gasteiger partial charge in [0, 0.05) is 12.6 Å². The van der Waals surface area contributed by atoms with Gasteiger partial charge in [-0.1, -0.05) is 66.7 Å². The number of hydrogen-bond acceptors (Lipinski definition) is 5. The van der Waals surface area contributed by atoms with E-state index in [0.717, 1.165) is 35.6 Å². The van der Waals surface area contributed by atoms with Crippen LogP contribution >= 0.6 is 23.2 Å². The molecule has 1 atom stereocenters. The van der Waals surface area contributed by atoms with Crippen LogP contribution in [0.1, 0.15) is 57.1 Å². The van der Waals surface area contributed by atoms with Gasteiger partial charge in [0.15, 0.2) is 0 Å². The molecule has 1 N–H and O–H groups in total. The molecule has 1 aliphatic rings. The first-order valence-corrected chi connectivity index (χ1v) is 17.1. The maximum absolute atomic E-state index is 14.3. The first-order chi connectivity index (χ1) is 21.0. The molecule has 2 amide bonds. The van der Waals surface area contributed by atoms with E-state index in [4.69, 9.17) is 27.9 Å². The fourth-order valence-electron chi connectivity index (χ4n) is 5.36. The molecule has 1 saturated carbocycles. The Morgan fingerprint density at radius 1 is 0.955 bits per heavy atom. The fraction of sp³-hybridized carbons (Fsp3) is 0.394. The van der Waals surface area contributed by atoms with Gasteiger partial charge in [-0.2, -0.15) is 0 Å². The number of amides is 2. The molecule has 4 rings (SSSR count). The number of carbonyl (C=O) groups excluding carboxylic acids is 2. The predicted octanol–water partition coefficient (Wildman–Crippen LogP) is 6.76. The molecule has 11 heteroatoms. The summed E-state index contributed by atoms with van der Waals surface area (Å²) in [7, 11) is -4.19. The highest BCUT2D eigenvalue weighted by Crippen LogP contribution is 2.28. The molecule has 1 aliphatic carbocycles. The van der Waals surface area contributed by atoms with E-state index in [9.17, 15) is 18.0 Å². The SMILES string of the molecule is CCOc1ccc(S(=O)(=O)N(CC(=O)N(Cc2ccc(Cl)c(Cl)c2)C(CC)C(=O)NC2CCCC2)c2ccc(C)cc2)cc1. The number of rotatable bonds is 13. The van der Waals surface area contributed by atoms with Crippen molar-refractivity contribution in [2.75, 3.05) is 17.5 Å². The van der Waals surface area contributed by atoms with E-state index >= 15 is 0 Å². The summed E-state index contributed by atoms with van der Waals surface area (Å²) in [6.07, 6.45) is 4.21. The van der Waals surface area contributed by atoms with Crippen LogP contribution in [0, 0.1) is 6.92 Å². The van der Waals surface area contributed by atoms with Gasteiger partial charge in [-0.05, 0) is 87.2 Å². The molecule has 3 aromatic rings. The van der Waals surface area contributed by atoms with E-state index in [-0.39, 0.29) is 23.4 Å². The summed E-state index contributed by atoms with van der Waals surface area (Å²) in [4.78, 5) is 29.3. The molecule has 0 aromatic heterocycles. The number of nitrogens with zero attached hydrogens (tertiary/aromatic N) is 2. The van der Waals surface area contributed by atoms with E-state index < -0.39 is 28.5 Å². The molecule has 0 heterocycles. The zero-order chi connectivity index (χ0) is 31.9. The molecule has 0 radical (unpaired) electrons. The number of nitrogens with one attached hydrogen (secondary N) is 1. The summed E-state index contributed by atoms with van der Waals surface area (Å²) >= 11 is 12.4. The van der Waals surface area contributed by atoms with Crippen LogP contribution in [0.2, 0.25) is 10.0 Å². The second-order valence-corrected chi connectivity index (χ2v) is 13.6. The summed E-state index contributed by atoms with van der Waals surface area (Å²) in [5, 5.41) is 3.80. The van der Waals surface area contributed by atoms with Crippen LogP contribution in [0.25, 0.3) is 0 Å². The highest BCUT2D eigenvalue weighted by molar-refractivity contribution is 7.92. The van der Waals surface area contributed by atoms with Crippen molar-refractivity contribution >= 4 is 50.7 Å². The van der Waals surface area contributed by atoms with E-state index in [1.165, 1.54) is 17.0 Å². The molecule has 0 aliphatic heterocycles. The maximum Gasteiger partial charge on any atom is 0.264 e. The Bertz CT molecular complexity index is 1540. The van der Waals surface area contributed by atoms with Crippen molar-refractivity contribution in [2.45, 2.75) is 76.4 Å². The van der Waals surface area contributed by atoms with Gasteiger partial charge in [0.25, 0.3) is 10.0 Å². The second-order valence-electron chi connectivity index (χ2n) is 10.9. The third-order valence-corrected chi connectivity index (χ3v) is 10.3. The van der Waals surface area contributed by atoms with Crippen molar-refractivity contribution in [1.29, 1.82) is 0 Å².